The number of nitriles is 2. The Labute approximate surface area is 166 Å². The Morgan fingerprint density at radius 1 is 1.07 bits per heavy atom. The van der Waals surface area contributed by atoms with Gasteiger partial charge in [0.05, 0.1) is 0 Å². The zero-order chi connectivity index (χ0) is 20.5. The molecule has 0 unspecified atom stereocenters. The van der Waals surface area contributed by atoms with Crippen molar-refractivity contribution < 1.29 is 0 Å². The van der Waals surface area contributed by atoms with Crippen LogP contribution in [0.2, 0.25) is 0 Å². The number of benzene rings is 1. The highest BCUT2D eigenvalue weighted by Crippen LogP contribution is 2.29. The number of aromatic nitrogens is 1. The first-order valence-corrected chi connectivity index (χ1v) is 9.73. The summed E-state index contributed by atoms with van der Waals surface area (Å²) >= 11 is 0. The van der Waals surface area contributed by atoms with Gasteiger partial charge in [0.2, 0.25) is 0 Å². The Morgan fingerprint density at radius 2 is 1.71 bits per heavy atom. The SMILES string of the molecule is CCCCN(CCCC)Cc1cccc(-c2c(C#N)c(N)[nH]c(=O)c2C#N)c1. The molecule has 0 aliphatic heterocycles. The molecule has 0 aliphatic carbocycles. The van der Waals surface area contributed by atoms with Gasteiger partial charge in [-0.25, -0.2) is 0 Å². The Hall–Kier alpha value is -3.09. The molecule has 0 saturated heterocycles. The number of hydrogen-bond donors (Lipinski definition) is 2. The monoisotopic (exact) mass is 377 g/mol. The minimum Gasteiger partial charge on any atom is -0.384 e. The number of unbranched alkanes of at least 4 members (excludes halogenated alkanes) is 2. The summed E-state index contributed by atoms with van der Waals surface area (Å²) in [7, 11) is 0. The fourth-order valence-electron chi connectivity index (χ4n) is 3.25. The highest BCUT2D eigenvalue weighted by Gasteiger charge is 2.18. The van der Waals surface area contributed by atoms with Crippen LogP contribution in [0.4, 0.5) is 5.82 Å². The Morgan fingerprint density at radius 3 is 2.29 bits per heavy atom. The molecule has 0 aliphatic rings. The van der Waals surface area contributed by atoms with Gasteiger partial charge in [-0.2, -0.15) is 10.5 Å². The molecule has 2 aromatic rings. The molecule has 0 fully saturated rings. The van der Waals surface area contributed by atoms with Crippen LogP contribution in [0.3, 0.4) is 0 Å². The standard InChI is InChI=1S/C22H27N5O/c1-3-5-10-27(11-6-4-2)15-16-8-7-9-17(12-16)20-18(13-23)21(25)26-22(28)19(20)14-24/h7-9,12H,3-6,10-11,15H2,1-2H3,(H3,25,26,28). The molecular weight excluding hydrogens is 350 g/mol. The van der Waals surface area contributed by atoms with Gasteiger partial charge in [-0.1, -0.05) is 44.9 Å². The predicted octanol–water partition coefficient (Wildman–Crippen LogP) is 3.77. The van der Waals surface area contributed by atoms with Crippen LogP contribution in [-0.4, -0.2) is 23.0 Å². The van der Waals surface area contributed by atoms with E-state index in [1.54, 1.807) is 0 Å². The predicted molar refractivity (Wildman–Crippen MR) is 111 cm³/mol. The van der Waals surface area contributed by atoms with E-state index in [1.165, 1.54) is 0 Å². The van der Waals surface area contributed by atoms with Crippen LogP contribution in [0.5, 0.6) is 0 Å². The lowest BCUT2D eigenvalue weighted by Crippen LogP contribution is -2.25. The number of H-pyrrole nitrogens is 1. The van der Waals surface area contributed by atoms with Gasteiger partial charge in [-0.15, -0.1) is 0 Å². The van der Waals surface area contributed by atoms with E-state index in [1.807, 2.05) is 36.4 Å². The second-order valence-corrected chi connectivity index (χ2v) is 6.90. The largest absolute Gasteiger partial charge is 0.384 e. The summed E-state index contributed by atoms with van der Waals surface area (Å²) in [5.41, 5.74) is 7.34. The second-order valence-electron chi connectivity index (χ2n) is 6.90. The quantitative estimate of drug-likeness (QED) is 0.691. The maximum atomic E-state index is 12.2. The minimum atomic E-state index is -0.577. The van der Waals surface area contributed by atoms with E-state index in [2.05, 4.69) is 23.7 Å². The highest BCUT2D eigenvalue weighted by molar-refractivity contribution is 5.80. The van der Waals surface area contributed by atoms with E-state index in [4.69, 9.17) is 5.73 Å². The Kier molecular flexibility index (Phi) is 7.80. The normalized spacial score (nSPS) is 10.6. The van der Waals surface area contributed by atoms with Crippen molar-refractivity contribution in [3.8, 4) is 23.3 Å². The van der Waals surface area contributed by atoms with Gasteiger partial charge in [-0.05, 0) is 43.1 Å². The summed E-state index contributed by atoms with van der Waals surface area (Å²) in [6.07, 6.45) is 4.58. The second kappa shape index (κ2) is 10.3. The van der Waals surface area contributed by atoms with Crippen molar-refractivity contribution in [1.29, 1.82) is 10.5 Å². The zero-order valence-corrected chi connectivity index (χ0v) is 16.6. The molecule has 1 aromatic heterocycles. The van der Waals surface area contributed by atoms with Crippen LogP contribution in [0.1, 0.15) is 56.2 Å². The fourth-order valence-corrected chi connectivity index (χ4v) is 3.25. The summed E-state index contributed by atoms with van der Waals surface area (Å²) in [5.74, 6) is -0.0144. The third-order valence-electron chi connectivity index (χ3n) is 4.75. The van der Waals surface area contributed by atoms with Gasteiger partial charge in [0.15, 0.2) is 0 Å². The maximum Gasteiger partial charge on any atom is 0.268 e. The van der Waals surface area contributed by atoms with Crippen LogP contribution in [0, 0.1) is 22.7 Å². The van der Waals surface area contributed by atoms with Crippen molar-refractivity contribution in [2.24, 2.45) is 0 Å². The van der Waals surface area contributed by atoms with Crippen molar-refractivity contribution >= 4 is 5.82 Å². The molecule has 6 heteroatoms. The summed E-state index contributed by atoms with van der Waals surface area (Å²) in [5, 5.41) is 19.0. The van der Waals surface area contributed by atoms with E-state index in [0.717, 1.165) is 50.9 Å². The van der Waals surface area contributed by atoms with Crippen LogP contribution in [0.25, 0.3) is 11.1 Å². The van der Waals surface area contributed by atoms with E-state index in [-0.39, 0.29) is 16.9 Å². The number of rotatable bonds is 9. The smallest absolute Gasteiger partial charge is 0.268 e. The molecule has 0 bridgehead atoms. The van der Waals surface area contributed by atoms with Gasteiger partial charge in [-0.3, -0.25) is 9.69 Å². The lowest BCUT2D eigenvalue weighted by Gasteiger charge is -2.22. The number of aromatic amines is 1. The van der Waals surface area contributed by atoms with Gasteiger partial charge in [0.1, 0.15) is 29.1 Å². The molecule has 3 N–H and O–H groups in total. The third-order valence-corrected chi connectivity index (χ3v) is 4.75. The number of hydrogen-bond acceptors (Lipinski definition) is 5. The first-order valence-electron chi connectivity index (χ1n) is 9.73. The first-order chi connectivity index (χ1) is 13.5. The summed E-state index contributed by atoms with van der Waals surface area (Å²) in [4.78, 5) is 17.0. The van der Waals surface area contributed by atoms with Gasteiger partial charge in [0.25, 0.3) is 5.56 Å². The lowest BCUT2D eigenvalue weighted by atomic mass is 9.95. The highest BCUT2D eigenvalue weighted by atomic mass is 16.1. The summed E-state index contributed by atoms with van der Waals surface area (Å²) in [6, 6.07) is 11.6. The molecule has 0 amide bonds. The third kappa shape index (κ3) is 5.00. The molecule has 0 radical (unpaired) electrons. The minimum absolute atomic E-state index is 0.0144. The Balaban J connectivity index is 2.45. The number of nitrogen functional groups attached to an aromatic ring is 1. The average molecular weight is 377 g/mol. The van der Waals surface area contributed by atoms with Crippen molar-refractivity contribution in [2.75, 3.05) is 18.8 Å². The van der Waals surface area contributed by atoms with E-state index < -0.39 is 5.56 Å². The number of pyridine rings is 1. The molecule has 2 rings (SSSR count). The average Bonchev–Trinajstić information content (AvgIpc) is 2.69. The molecule has 1 heterocycles. The van der Waals surface area contributed by atoms with Crippen LogP contribution < -0.4 is 11.3 Å². The van der Waals surface area contributed by atoms with Crippen LogP contribution >= 0.6 is 0 Å². The Bertz CT molecular complexity index is 941. The van der Waals surface area contributed by atoms with E-state index >= 15 is 0 Å². The summed E-state index contributed by atoms with van der Waals surface area (Å²) in [6.45, 7) is 7.22. The number of nitrogens with zero attached hydrogens (tertiary/aromatic N) is 3. The number of anilines is 1. The molecule has 0 spiro atoms. The fraction of sp³-hybridized carbons (Fsp3) is 0.409. The van der Waals surface area contributed by atoms with Crippen molar-refractivity contribution in [1.82, 2.24) is 9.88 Å². The molecular formula is C22H27N5O. The van der Waals surface area contributed by atoms with Gasteiger partial charge >= 0.3 is 0 Å². The first kappa shape index (κ1) is 21.2. The summed E-state index contributed by atoms with van der Waals surface area (Å²) < 4.78 is 0. The van der Waals surface area contributed by atoms with Gasteiger partial charge in [0, 0.05) is 12.1 Å². The molecule has 0 atom stereocenters. The molecule has 6 nitrogen and oxygen atoms in total. The molecule has 146 valence electrons. The lowest BCUT2D eigenvalue weighted by molar-refractivity contribution is 0.257. The van der Waals surface area contributed by atoms with E-state index in [9.17, 15) is 15.3 Å². The zero-order valence-electron chi connectivity index (χ0n) is 16.6. The maximum absolute atomic E-state index is 12.2. The van der Waals surface area contributed by atoms with Gasteiger partial charge < -0.3 is 10.7 Å². The van der Waals surface area contributed by atoms with Crippen molar-refractivity contribution in [3.63, 3.8) is 0 Å². The van der Waals surface area contributed by atoms with Crippen molar-refractivity contribution in [2.45, 2.75) is 46.1 Å². The number of nitrogens with one attached hydrogen (secondary N) is 1. The van der Waals surface area contributed by atoms with Crippen molar-refractivity contribution in [3.05, 3.63) is 51.3 Å². The number of nitrogens with two attached hydrogens (primary N) is 1. The topological polar surface area (TPSA) is 110 Å². The van der Waals surface area contributed by atoms with E-state index in [0.29, 0.717) is 11.1 Å². The molecule has 28 heavy (non-hydrogen) atoms. The molecule has 0 saturated carbocycles. The van der Waals surface area contributed by atoms with Crippen LogP contribution in [0.15, 0.2) is 29.1 Å². The van der Waals surface area contributed by atoms with Crippen LogP contribution in [-0.2, 0) is 6.54 Å². The molecule has 1 aromatic carbocycles.